The number of amides is 1. The van der Waals surface area contributed by atoms with Crippen LogP contribution >= 0.6 is 15.9 Å². The summed E-state index contributed by atoms with van der Waals surface area (Å²) < 4.78 is 5.30. The van der Waals surface area contributed by atoms with Crippen molar-refractivity contribution in [3.05, 3.63) is 45.8 Å². The van der Waals surface area contributed by atoms with Crippen LogP contribution in [0.15, 0.2) is 33.4 Å². The smallest absolute Gasteiger partial charge is 0.335 e. The topological polar surface area (TPSA) is 92.4 Å². The number of nitrogens with one attached hydrogen (secondary N) is 1. The van der Waals surface area contributed by atoms with Crippen LogP contribution in [0.5, 0.6) is 0 Å². The second-order valence-electron chi connectivity index (χ2n) is 3.79. The first-order chi connectivity index (χ1) is 8.99. The average Bonchev–Trinajstić information content (AvgIpc) is 2.77. The van der Waals surface area contributed by atoms with Gasteiger partial charge in [0.15, 0.2) is 0 Å². The number of nitrogens with zero attached hydrogens (tertiary/aromatic N) is 1. The summed E-state index contributed by atoms with van der Waals surface area (Å²) in [5.74, 6) is -1.36. The Morgan fingerprint density at radius 1 is 1.42 bits per heavy atom. The van der Waals surface area contributed by atoms with Crippen LogP contribution in [0.4, 0.5) is 5.69 Å². The number of carboxylic acids is 1. The molecule has 0 bridgehead atoms. The Kier molecular flexibility index (Phi) is 3.66. The summed E-state index contributed by atoms with van der Waals surface area (Å²) in [6, 6.07) is 4.30. The molecule has 6 nitrogen and oxygen atoms in total. The number of hydrogen-bond acceptors (Lipinski definition) is 4. The Balaban J connectivity index is 2.23. The van der Waals surface area contributed by atoms with E-state index in [9.17, 15) is 9.59 Å². The maximum atomic E-state index is 11.9. The number of halogens is 1. The van der Waals surface area contributed by atoms with Crippen LogP contribution in [0.1, 0.15) is 26.5 Å². The Labute approximate surface area is 116 Å². The third-order valence-corrected chi connectivity index (χ3v) is 3.08. The maximum Gasteiger partial charge on any atom is 0.335 e. The van der Waals surface area contributed by atoms with Gasteiger partial charge >= 0.3 is 5.97 Å². The summed E-state index contributed by atoms with van der Waals surface area (Å²) in [5, 5.41) is 15.0. The molecule has 0 saturated heterocycles. The van der Waals surface area contributed by atoms with E-state index in [2.05, 4.69) is 26.4 Å². The molecule has 2 N–H and O–H groups in total. The number of carboxylic acid groups (broad SMARTS) is 1. The van der Waals surface area contributed by atoms with E-state index in [1.54, 1.807) is 6.92 Å². The third-order valence-electron chi connectivity index (χ3n) is 2.42. The zero-order valence-electron chi connectivity index (χ0n) is 9.81. The lowest BCUT2D eigenvalue weighted by atomic mass is 10.2. The largest absolute Gasteiger partial charge is 0.478 e. The van der Waals surface area contributed by atoms with Gasteiger partial charge in [-0.15, -0.1) is 0 Å². The molecule has 98 valence electrons. The van der Waals surface area contributed by atoms with E-state index in [-0.39, 0.29) is 11.3 Å². The number of rotatable bonds is 3. The molecule has 2 rings (SSSR count). The highest BCUT2D eigenvalue weighted by molar-refractivity contribution is 9.10. The van der Waals surface area contributed by atoms with Crippen molar-refractivity contribution in [1.82, 2.24) is 5.16 Å². The van der Waals surface area contributed by atoms with Crippen LogP contribution in [-0.2, 0) is 0 Å². The lowest BCUT2D eigenvalue weighted by molar-refractivity contribution is 0.0696. The molecular formula is C12H9BrN2O4. The monoisotopic (exact) mass is 324 g/mol. The normalized spacial score (nSPS) is 10.2. The quantitative estimate of drug-likeness (QED) is 0.905. The molecule has 1 heterocycles. The van der Waals surface area contributed by atoms with Gasteiger partial charge in [-0.25, -0.2) is 4.79 Å². The molecule has 2 aromatic rings. The second-order valence-corrected chi connectivity index (χ2v) is 4.65. The van der Waals surface area contributed by atoms with Crippen molar-refractivity contribution in [3.8, 4) is 0 Å². The number of carbonyl (C=O) groups is 2. The predicted octanol–water partition coefficient (Wildman–Crippen LogP) is 2.70. The lowest BCUT2D eigenvalue weighted by Gasteiger charge is -2.06. The summed E-state index contributed by atoms with van der Waals surface area (Å²) in [4.78, 5) is 22.7. The van der Waals surface area contributed by atoms with Gasteiger partial charge in [0.2, 0.25) is 5.76 Å². The van der Waals surface area contributed by atoms with Gasteiger partial charge in [-0.2, -0.15) is 0 Å². The Bertz CT molecular complexity index is 651. The number of aryl methyl sites for hydroxylation is 1. The second kappa shape index (κ2) is 5.23. The molecule has 0 atom stereocenters. The molecule has 0 unspecified atom stereocenters. The molecule has 1 amide bonds. The number of carbonyl (C=O) groups excluding carboxylic acids is 1. The van der Waals surface area contributed by atoms with Crippen LogP contribution < -0.4 is 5.32 Å². The first kappa shape index (κ1) is 13.3. The molecule has 0 aliphatic rings. The molecule has 0 aliphatic heterocycles. The Hall–Kier alpha value is -2.15. The van der Waals surface area contributed by atoms with E-state index in [1.807, 2.05) is 0 Å². The molecule has 7 heteroatoms. The zero-order valence-corrected chi connectivity index (χ0v) is 11.4. The van der Waals surface area contributed by atoms with E-state index in [1.165, 1.54) is 24.4 Å². The van der Waals surface area contributed by atoms with E-state index < -0.39 is 11.9 Å². The van der Waals surface area contributed by atoms with Crippen LogP contribution in [-0.4, -0.2) is 22.1 Å². The predicted molar refractivity (Wildman–Crippen MR) is 70.3 cm³/mol. The van der Waals surface area contributed by atoms with Crippen molar-refractivity contribution in [2.24, 2.45) is 0 Å². The van der Waals surface area contributed by atoms with Gasteiger partial charge in [0, 0.05) is 10.0 Å². The summed E-state index contributed by atoms with van der Waals surface area (Å²) in [7, 11) is 0. The summed E-state index contributed by atoms with van der Waals surface area (Å²) in [6.45, 7) is 1.70. The lowest BCUT2D eigenvalue weighted by Crippen LogP contribution is -2.12. The highest BCUT2D eigenvalue weighted by Gasteiger charge is 2.16. The standard InChI is InChI=1S/C12H9BrN2O4/c1-6-5-14-19-10(6)11(16)15-9-3-2-7(12(17)18)4-8(9)13/h2-5H,1H3,(H,15,16)(H,17,18). The number of hydrogen-bond donors (Lipinski definition) is 2. The van der Waals surface area contributed by atoms with Gasteiger partial charge < -0.3 is 14.9 Å². The first-order valence-corrected chi connectivity index (χ1v) is 6.04. The molecule has 0 fully saturated rings. The SMILES string of the molecule is Cc1cnoc1C(=O)Nc1ccc(C(=O)O)cc1Br. The Morgan fingerprint density at radius 2 is 2.16 bits per heavy atom. The number of benzene rings is 1. The highest BCUT2D eigenvalue weighted by atomic mass is 79.9. The van der Waals surface area contributed by atoms with E-state index in [0.29, 0.717) is 15.7 Å². The van der Waals surface area contributed by atoms with Crippen LogP contribution in [0, 0.1) is 6.92 Å². The third kappa shape index (κ3) is 2.82. The highest BCUT2D eigenvalue weighted by Crippen LogP contribution is 2.24. The molecule has 1 aromatic carbocycles. The summed E-state index contributed by atoms with van der Waals surface area (Å²) in [5.41, 5.74) is 1.20. The summed E-state index contributed by atoms with van der Waals surface area (Å²) >= 11 is 3.20. The van der Waals surface area contributed by atoms with Gasteiger partial charge in [-0.1, -0.05) is 5.16 Å². The Morgan fingerprint density at radius 3 is 2.68 bits per heavy atom. The summed E-state index contributed by atoms with van der Waals surface area (Å²) in [6.07, 6.45) is 1.44. The fraction of sp³-hybridized carbons (Fsp3) is 0.0833. The van der Waals surface area contributed by atoms with Gasteiger partial charge in [-0.3, -0.25) is 4.79 Å². The molecule has 19 heavy (non-hydrogen) atoms. The van der Waals surface area contributed by atoms with Crippen LogP contribution in [0.25, 0.3) is 0 Å². The number of aromatic nitrogens is 1. The van der Waals surface area contributed by atoms with Gasteiger partial charge in [0.05, 0.1) is 17.4 Å². The van der Waals surface area contributed by atoms with Crippen molar-refractivity contribution < 1.29 is 19.2 Å². The molecule has 1 aromatic heterocycles. The van der Waals surface area contributed by atoms with Crippen molar-refractivity contribution in [1.29, 1.82) is 0 Å². The molecular weight excluding hydrogens is 316 g/mol. The van der Waals surface area contributed by atoms with Crippen LogP contribution in [0.2, 0.25) is 0 Å². The minimum atomic E-state index is -1.04. The fourth-order valence-corrected chi connectivity index (χ4v) is 1.92. The molecule has 0 saturated carbocycles. The number of anilines is 1. The van der Waals surface area contributed by atoms with E-state index in [4.69, 9.17) is 9.63 Å². The maximum absolute atomic E-state index is 11.9. The zero-order chi connectivity index (χ0) is 14.0. The minimum absolute atomic E-state index is 0.120. The van der Waals surface area contributed by atoms with Crippen molar-refractivity contribution in [3.63, 3.8) is 0 Å². The van der Waals surface area contributed by atoms with Crippen LogP contribution in [0.3, 0.4) is 0 Å². The van der Waals surface area contributed by atoms with Gasteiger partial charge in [0.25, 0.3) is 5.91 Å². The molecule has 0 radical (unpaired) electrons. The van der Waals surface area contributed by atoms with E-state index >= 15 is 0 Å². The number of aromatic carboxylic acids is 1. The average molecular weight is 325 g/mol. The van der Waals surface area contributed by atoms with Crippen molar-refractivity contribution >= 4 is 33.5 Å². The van der Waals surface area contributed by atoms with E-state index in [0.717, 1.165) is 0 Å². The van der Waals surface area contributed by atoms with Gasteiger partial charge in [-0.05, 0) is 41.1 Å². The first-order valence-electron chi connectivity index (χ1n) is 5.24. The van der Waals surface area contributed by atoms with Crippen molar-refractivity contribution in [2.75, 3.05) is 5.32 Å². The minimum Gasteiger partial charge on any atom is -0.478 e. The molecule has 0 spiro atoms. The van der Waals surface area contributed by atoms with Gasteiger partial charge in [0.1, 0.15) is 0 Å². The molecule has 0 aliphatic carbocycles. The van der Waals surface area contributed by atoms with Crippen molar-refractivity contribution in [2.45, 2.75) is 6.92 Å². The fourth-order valence-electron chi connectivity index (χ4n) is 1.44.